The first-order valence-electron chi connectivity index (χ1n) is 6.55. The van der Waals surface area contributed by atoms with E-state index >= 15 is 0 Å². The molecule has 2 aromatic rings. The SMILES string of the molecule is COc1cc(CO)ccc1Oc1ccc(Br)cc1C(C)N. The van der Waals surface area contributed by atoms with Crippen LogP contribution < -0.4 is 15.2 Å². The molecule has 0 aliphatic heterocycles. The number of hydrogen-bond acceptors (Lipinski definition) is 4. The Morgan fingerprint density at radius 1 is 1.14 bits per heavy atom. The molecule has 0 heterocycles. The molecule has 1 unspecified atom stereocenters. The lowest BCUT2D eigenvalue weighted by Crippen LogP contribution is -2.07. The first-order chi connectivity index (χ1) is 10.0. The van der Waals surface area contributed by atoms with Crippen LogP contribution in [0.2, 0.25) is 0 Å². The Morgan fingerprint density at radius 2 is 1.86 bits per heavy atom. The van der Waals surface area contributed by atoms with Gasteiger partial charge < -0.3 is 20.3 Å². The van der Waals surface area contributed by atoms with Gasteiger partial charge in [0, 0.05) is 16.1 Å². The van der Waals surface area contributed by atoms with Crippen molar-refractivity contribution in [3.63, 3.8) is 0 Å². The van der Waals surface area contributed by atoms with Crippen LogP contribution in [-0.4, -0.2) is 12.2 Å². The van der Waals surface area contributed by atoms with Crippen LogP contribution in [-0.2, 0) is 6.61 Å². The molecule has 0 aromatic heterocycles. The van der Waals surface area contributed by atoms with Gasteiger partial charge in [-0.1, -0.05) is 22.0 Å². The number of aliphatic hydroxyl groups is 1. The van der Waals surface area contributed by atoms with Crippen molar-refractivity contribution in [2.45, 2.75) is 19.6 Å². The molecule has 0 spiro atoms. The lowest BCUT2D eigenvalue weighted by atomic mass is 10.1. The van der Waals surface area contributed by atoms with Crippen LogP contribution in [0.3, 0.4) is 0 Å². The van der Waals surface area contributed by atoms with Crippen LogP contribution in [0.4, 0.5) is 0 Å². The minimum atomic E-state index is -0.153. The van der Waals surface area contributed by atoms with E-state index in [1.54, 1.807) is 25.3 Å². The summed E-state index contributed by atoms with van der Waals surface area (Å²) in [5.74, 6) is 1.84. The van der Waals surface area contributed by atoms with Crippen molar-refractivity contribution in [3.05, 3.63) is 52.0 Å². The van der Waals surface area contributed by atoms with Gasteiger partial charge >= 0.3 is 0 Å². The second-order valence-corrected chi connectivity index (χ2v) is 5.63. The van der Waals surface area contributed by atoms with E-state index in [0.717, 1.165) is 15.6 Å². The van der Waals surface area contributed by atoms with Gasteiger partial charge in [-0.15, -0.1) is 0 Å². The zero-order valence-electron chi connectivity index (χ0n) is 12.0. The third-order valence-electron chi connectivity index (χ3n) is 3.09. The van der Waals surface area contributed by atoms with E-state index in [-0.39, 0.29) is 12.6 Å². The molecule has 0 radical (unpaired) electrons. The minimum absolute atomic E-state index is 0.0417. The molecule has 3 N–H and O–H groups in total. The van der Waals surface area contributed by atoms with Crippen LogP contribution in [0.15, 0.2) is 40.9 Å². The molecule has 0 bridgehead atoms. The van der Waals surface area contributed by atoms with E-state index in [2.05, 4.69) is 15.9 Å². The summed E-state index contributed by atoms with van der Waals surface area (Å²) in [6, 6.07) is 10.9. The number of ether oxygens (including phenoxy) is 2. The summed E-state index contributed by atoms with van der Waals surface area (Å²) in [6.45, 7) is 1.86. The third-order valence-corrected chi connectivity index (χ3v) is 3.59. The van der Waals surface area contributed by atoms with Gasteiger partial charge in [0.1, 0.15) is 5.75 Å². The lowest BCUT2D eigenvalue weighted by Gasteiger charge is -2.16. The van der Waals surface area contributed by atoms with E-state index < -0.39 is 0 Å². The fraction of sp³-hybridized carbons (Fsp3) is 0.250. The highest BCUT2D eigenvalue weighted by molar-refractivity contribution is 9.10. The number of methoxy groups -OCH3 is 1. The Morgan fingerprint density at radius 3 is 2.48 bits per heavy atom. The maximum atomic E-state index is 9.17. The molecule has 21 heavy (non-hydrogen) atoms. The Kier molecular flexibility index (Phi) is 5.22. The number of hydrogen-bond donors (Lipinski definition) is 2. The largest absolute Gasteiger partial charge is 0.493 e. The molecule has 0 aliphatic carbocycles. The highest BCUT2D eigenvalue weighted by atomic mass is 79.9. The number of halogens is 1. The Labute approximate surface area is 132 Å². The van der Waals surface area contributed by atoms with Crippen molar-refractivity contribution in [1.82, 2.24) is 0 Å². The summed E-state index contributed by atoms with van der Waals surface area (Å²) in [7, 11) is 1.57. The van der Waals surface area contributed by atoms with E-state index in [1.807, 2.05) is 25.1 Å². The van der Waals surface area contributed by atoms with E-state index in [4.69, 9.17) is 20.3 Å². The van der Waals surface area contributed by atoms with Crippen molar-refractivity contribution in [3.8, 4) is 17.2 Å². The number of benzene rings is 2. The van der Waals surface area contributed by atoms with E-state index in [0.29, 0.717) is 17.2 Å². The fourth-order valence-corrected chi connectivity index (χ4v) is 2.36. The smallest absolute Gasteiger partial charge is 0.169 e. The molecule has 0 amide bonds. The van der Waals surface area contributed by atoms with Crippen molar-refractivity contribution < 1.29 is 14.6 Å². The molecular weight excluding hydrogens is 334 g/mol. The molecule has 112 valence electrons. The van der Waals surface area contributed by atoms with Crippen molar-refractivity contribution >= 4 is 15.9 Å². The standard InChI is InChI=1S/C16H18BrNO3/c1-10(18)13-8-12(17)4-6-14(13)21-15-5-3-11(9-19)7-16(15)20-2/h3-8,10,19H,9,18H2,1-2H3. The molecule has 1 atom stereocenters. The molecule has 0 saturated carbocycles. The zero-order valence-corrected chi connectivity index (χ0v) is 13.6. The molecule has 2 rings (SSSR count). The fourth-order valence-electron chi connectivity index (χ4n) is 1.98. The molecule has 4 nitrogen and oxygen atoms in total. The zero-order chi connectivity index (χ0) is 15.4. The summed E-state index contributed by atoms with van der Waals surface area (Å²) in [6.07, 6.45) is 0. The van der Waals surface area contributed by atoms with E-state index in [1.165, 1.54) is 0 Å². The van der Waals surface area contributed by atoms with Gasteiger partial charge in [-0.25, -0.2) is 0 Å². The van der Waals surface area contributed by atoms with Crippen LogP contribution >= 0.6 is 15.9 Å². The average molecular weight is 352 g/mol. The van der Waals surface area contributed by atoms with Gasteiger partial charge in [-0.05, 0) is 42.8 Å². The van der Waals surface area contributed by atoms with Gasteiger partial charge in [-0.3, -0.25) is 0 Å². The summed E-state index contributed by atoms with van der Waals surface area (Å²) in [5.41, 5.74) is 7.65. The number of nitrogens with two attached hydrogens (primary N) is 1. The summed E-state index contributed by atoms with van der Waals surface area (Å²) in [5, 5.41) is 9.17. The number of aliphatic hydroxyl groups excluding tert-OH is 1. The van der Waals surface area contributed by atoms with Gasteiger partial charge in [0.2, 0.25) is 0 Å². The van der Waals surface area contributed by atoms with Crippen molar-refractivity contribution in [1.29, 1.82) is 0 Å². The molecule has 2 aromatic carbocycles. The average Bonchev–Trinajstić information content (AvgIpc) is 2.49. The van der Waals surface area contributed by atoms with E-state index in [9.17, 15) is 0 Å². The molecule has 0 saturated heterocycles. The summed E-state index contributed by atoms with van der Waals surface area (Å²) < 4.78 is 12.2. The van der Waals surface area contributed by atoms with Crippen molar-refractivity contribution in [2.24, 2.45) is 5.73 Å². The molecular formula is C16H18BrNO3. The minimum Gasteiger partial charge on any atom is -0.493 e. The highest BCUT2D eigenvalue weighted by Gasteiger charge is 2.13. The highest BCUT2D eigenvalue weighted by Crippen LogP contribution is 2.36. The maximum Gasteiger partial charge on any atom is 0.169 e. The number of rotatable bonds is 5. The monoisotopic (exact) mass is 351 g/mol. The summed E-state index contributed by atoms with van der Waals surface area (Å²) >= 11 is 3.43. The Hall–Kier alpha value is -1.56. The normalized spacial score (nSPS) is 12.0. The van der Waals surface area contributed by atoms with Crippen LogP contribution in [0, 0.1) is 0 Å². The predicted molar refractivity (Wildman–Crippen MR) is 85.7 cm³/mol. The topological polar surface area (TPSA) is 64.7 Å². The quantitative estimate of drug-likeness (QED) is 0.860. The third kappa shape index (κ3) is 3.75. The lowest BCUT2D eigenvalue weighted by molar-refractivity contribution is 0.280. The van der Waals surface area contributed by atoms with Crippen molar-refractivity contribution in [2.75, 3.05) is 7.11 Å². The Bertz CT molecular complexity index is 629. The van der Waals surface area contributed by atoms with Gasteiger partial charge in [0.25, 0.3) is 0 Å². The van der Waals surface area contributed by atoms with Crippen LogP contribution in [0.5, 0.6) is 17.2 Å². The predicted octanol–water partition coefficient (Wildman–Crippen LogP) is 3.76. The summed E-state index contributed by atoms with van der Waals surface area (Å²) in [4.78, 5) is 0. The molecule has 5 heteroatoms. The molecule has 0 aliphatic rings. The van der Waals surface area contributed by atoms with Gasteiger partial charge in [0.05, 0.1) is 13.7 Å². The van der Waals surface area contributed by atoms with Gasteiger partial charge in [0.15, 0.2) is 11.5 Å². The van der Waals surface area contributed by atoms with Crippen LogP contribution in [0.25, 0.3) is 0 Å². The first kappa shape index (κ1) is 15.8. The maximum absolute atomic E-state index is 9.17. The molecule has 0 fully saturated rings. The van der Waals surface area contributed by atoms with Gasteiger partial charge in [-0.2, -0.15) is 0 Å². The second-order valence-electron chi connectivity index (χ2n) is 4.72. The first-order valence-corrected chi connectivity index (χ1v) is 7.35. The second kappa shape index (κ2) is 6.93. The van der Waals surface area contributed by atoms with Crippen LogP contribution in [0.1, 0.15) is 24.1 Å². The Balaban J connectivity index is 2.38.